The van der Waals surface area contributed by atoms with Gasteiger partial charge in [-0.05, 0) is 48.0 Å². The van der Waals surface area contributed by atoms with E-state index in [-0.39, 0.29) is 0 Å². The minimum absolute atomic E-state index is 0.804. The van der Waals surface area contributed by atoms with Gasteiger partial charge >= 0.3 is 0 Å². The normalized spacial score (nSPS) is 11.5. The summed E-state index contributed by atoms with van der Waals surface area (Å²) in [6.45, 7) is 3.83. The number of H-pyrrole nitrogens is 2. The molecule has 6 rings (SSSR count). The van der Waals surface area contributed by atoms with Gasteiger partial charge in [0.2, 0.25) is 0 Å². The van der Waals surface area contributed by atoms with E-state index in [0.29, 0.717) is 0 Å². The average Bonchev–Trinajstić information content (AvgIpc) is 3.61. The lowest BCUT2D eigenvalue weighted by atomic mass is 10.0. The van der Waals surface area contributed by atoms with Crippen molar-refractivity contribution in [1.82, 2.24) is 30.5 Å². The molecule has 0 fully saturated rings. The van der Waals surface area contributed by atoms with Gasteiger partial charge in [-0.2, -0.15) is 5.10 Å². The molecule has 0 radical (unpaired) electrons. The van der Waals surface area contributed by atoms with Crippen molar-refractivity contribution < 1.29 is 4.42 Å². The number of pyridine rings is 2. The average molecular weight is 435 g/mol. The third-order valence-corrected chi connectivity index (χ3v) is 5.90. The van der Waals surface area contributed by atoms with E-state index in [9.17, 15) is 0 Å². The van der Waals surface area contributed by atoms with Crippen molar-refractivity contribution in [3.05, 3.63) is 79.3 Å². The van der Waals surface area contributed by atoms with E-state index in [2.05, 4.69) is 67.7 Å². The molecule has 0 atom stereocenters. The third kappa shape index (κ3) is 3.48. The van der Waals surface area contributed by atoms with Crippen molar-refractivity contribution in [2.45, 2.75) is 13.5 Å². The van der Waals surface area contributed by atoms with Crippen LogP contribution in [-0.2, 0) is 6.54 Å². The summed E-state index contributed by atoms with van der Waals surface area (Å²) in [6.07, 6.45) is 10.9. The highest BCUT2D eigenvalue weighted by molar-refractivity contribution is 6.01. The molecule has 0 bridgehead atoms. The molecule has 162 valence electrons. The van der Waals surface area contributed by atoms with E-state index in [4.69, 9.17) is 4.42 Å². The van der Waals surface area contributed by atoms with Crippen molar-refractivity contribution in [2.24, 2.45) is 0 Å². The van der Waals surface area contributed by atoms with Gasteiger partial charge in [-0.3, -0.25) is 15.1 Å². The second-order valence-corrected chi connectivity index (χ2v) is 8.04. The molecule has 33 heavy (non-hydrogen) atoms. The second-order valence-electron chi connectivity index (χ2n) is 8.04. The van der Waals surface area contributed by atoms with Crippen LogP contribution < -0.4 is 5.32 Å². The molecule has 6 aromatic rings. The van der Waals surface area contributed by atoms with Crippen molar-refractivity contribution >= 4 is 21.8 Å². The Morgan fingerprint density at radius 2 is 1.82 bits per heavy atom. The Balaban J connectivity index is 1.44. The Kier molecular flexibility index (Phi) is 4.74. The minimum Gasteiger partial charge on any atom is -0.472 e. The lowest BCUT2D eigenvalue weighted by Crippen LogP contribution is -2.11. The molecule has 1 aromatic carbocycles. The molecule has 3 N–H and O–H groups in total. The Bertz CT molecular complexity index is 1560. The monoisotopic (exact) mass is 434 g/mol. The lowest BCUT2D eigenvalue weighted by Gasteiger charge is -2.06. The van der Waals surface area contributed by atoms with Crippen LogP contribution in [-0.4, -0.2) is 31.7 Å². The molecule has 0 saturated heterocycles. The van der Waals surface area contributed by atoms with Crippen molar-refractivity contribution in [3.63, 3.8) is 0 Å². The molecular formula is C26H22N6O. The number of hydrogen-bond donors (Lipinski definition) is 3. The Labute approximate surface area is 189 Å². The van der Waals surface area contributed by atoms with Crippen LogP contribution in [0.1, 0.15) is 12.5 Å². The predicted octanol–water partition coefficient (Wildman–Crippen LogP) is 5.54. The molecular weight excluding hydrogens is 412 g/mol. The Morgan fingerprint density at radius 1 is 0.879 bits per heavy atom. The number of benzene rings is 1. The van der Waals surface area contributed by atoms with E-state index in [1.807, 2.05) is 30.9 Å². The predicted molar refractivity (Wildman–Crippen MR) is 129 cm³/mol. The number of fused-ring (bicyclic) bond motifs is 2. The van der Waals surface area contributed by atoms with Crippen LogP contribution in [0.15, 0.2) is 78.1 Å². The summed E-state index contributed by atoms with van der Waals surface area (Å²) in [5.74, 6) is 0. The first-order valence-electron chi connectivity index (χ1n) is 10.9. The number of nitrogens with zero attached hydrogens (tertiary/aromatic N) is 3. The van der Waals surface area contributed by atoms with Crippen LogP contribution >= 0.6 is 0 Å². The van der Waals surface area contributed by atoms with Crippen LogP contribution in [0.3, 0.4) is 0 Å². The number of aromatic amines is 2. The van der Waals surface area contributed by atoms with Crippen molar-refractivity contribution in [3.8, 4) is 33.6 Å². The number of rotatable bonds is 6. The van der Waals surface area contributed by atoms with E-state index in [1.54, 1.807) is 12.5 Å². The number of aromatic nitrogens is 5. The number of furan rings is 1. The summed E-state index contributed by atoms with van der Waals surface area (Å²) in [4.78, 5) is 12.3. The number of nitrogens with one attached hydrogen (secondary N) is 3. The topological polar surface area (TPSA) is 95.4 Å². The second kappa shape index (κ2) is 8.03. The summed E-state index contributed by atoms with van der Waals surface area (Å²) < 4.78 is 5.28. The Morgan fingerprint density at radius 3 is 2.70 bits per heavy atom. The van der Waals surface area contributed by atoms with Gasteiger partial charge in [0.15, 0.2) is 0 Å². The highest BCUT2D eigenvalue weighted by atomic mass is 16.3. The fourth-order valence-corrected chi connectivity index (χ4v) is 4.24. The Hall–Kier alpha value is -4.23. The largest absolute Gasteiger partial charge is 0.472 e. The maximum absolute atomic E-state index is 5.28. The quantitative estimate of drug-likeness (QED) is 0.320. The summed E-state index contributed by atoms with van der Waals surface area (Å²) in [5.41, 5.74) is 9.12. The molecule has 0 saturated carbocycles. The molecule has 0 aliphatic carbocycles. The van der Waals surface area contributed by atoms with Gasteiger partial charge in [0.05, 0.1) is 35.5 Å². The fraction of sp³-hybridized carbons (Fsp3) is 0.115. The fourth-order valence-electron chi connectivity index (χ4n) is 4.24. The van der Waals surface area contributed by atoms with Crippen LogP contribution in [0, 0.1) is 0 Å². The zero-order chi connectivity index (χ0) is 22.2. The van der Waals surface area contributed by atoms with Crippen LogP contribution in [0.4, 0.5) is 0 Å². The number of hydrogen-bond acceptors (Lipinski definition) is 5. The van der Waals surface area contributed by atoms with Gasteiger partial charge in [-0.15, -0.1) is 0 Å². The molecule has 7 heteroatoms. The van der Waals surface area contributed by atoms with Gasteiger partial charge in [0.25, 0.3) is 0 Å². The molecule has 7 nitrogen and oxygen atoms in total. The SMILES string of the molecule is CCNCc1cncc(-c2ccc3[nH]nc(-c4cc5c(-c6ccoc6)cncc5[nH]4)c3c2)c1. The molecule has 5 heterocycles. The van der Waals surface area contributed by atoms with Crippen LogP contribution in [0.5, 0.6) is 0 Å². The van der Waals surface area contributed by atoms with E-state index < -0.39 is 0 Å². The molecule has 0 spiro atoms. The molecule has 0 amide bonds. The summed E-state index contributed by atoms with van der Waals surface area (Å²) >= 11 is 0. The van der Waals surface area contributed by atoms with E-state index in [0.717, 1.165) is 74.1 Å². The van der Waals surface area contributed by atoms with Gasteiger partial charge in [0, 0.05) is 52.6 Å². The van der Waals surface area contributed by atoms with Crippen LogP contribution in [0.2, 0.25) is 0 Å². The maximum atomic E-state index is 5.28. The third-order valence-electron chi connectivity index (χ3n) is 5.90. The van der Waals surface area contributed by atoms with Crippen molar-refractivity contribution in [1.29, 1.82) is 0 Å². The standard InChI is InChI=1S/C26H22N6O/c1-2-27-10-16-7-19(12-28-11-16)17-3-4-23-21(8-17)26(32-31-23)24-9-20-22(18-5-6-33-15-18)13-29-14-25(20)30-24/h3-9,11-15,27,30H,2,10H2,1H3,(H,31,32). The minimum atomic E-state index is 0.804. The highest BCUT2D eigenvalue weighted by Gasteiger charge is 2.15. The summed E-state index contributed by atoms with van der Waals surface area (Å²) in [5, 5.41) is 13.3. The van der Waals surface area contributed by atoms with Gasteiger partial charge < -0.3 is 14.7 Å². The lowest BCUT2D eigenvalue weighted by molar-refractivity contribution is 0.568. The first kappa shape index (κ1) is 19.5. The molecule has 0 aliphatic heterocycles. The van der Waals surface area contributed by atoms with Gasteiger partial charge in [-0.1, -0.05) is 13.0 Å². The first-order chi connectivity index (χ1) is 16.3. The highest BCUT2D eigenvalue weighted by Crippen LogP contribution is 2.34. The summed E-state index contributed by atoms with van der Waals surface area (Å²) in [6, 6.07) is 12.6. The maximum Gasteiger partial charge on any atom is 0.116 e. The smallest absolute Gasteiger partial charge is 0.116 e. The summed E-state index contributed by atoms with van der Waals surface area (Å²) in [7, 11) is 0. The first-order valence-corrected chi connectivity index (χ1v) is 10.9. The van der Waals surface area contributed by atoms with Gasteiger partial charge in [0.1, 0.15) is 5.69 Å². The van der Waals surface area contributed by atoms with Crippen LogP contribution in [0.25, 0.3) is 55.4 Å². The van der Waals surface area contributed by atoms with E-state index >= 15 is 0 Å². The molecule has 5 aromatic heterocycles. The van der Waals surface area contributed by atoms with E-state index in [1.165, 1.54) is 0 Å². The zero-order valence-corrected chi connectivity index (χ0v) is 18.1. The zero-order valence-electron chi connectivity index (χ0n) is 18.1. The van der Waals surface area contributed by atoms with Gasteiger partial charge in [-0.25, -0.2) is 0 Å². The molecule has 0 aliphatic rings. The molecule has 0 unspecified atom stereocenters. The van der Waals surface area contributed by atoms with Crippen molar-refractivity contribution in [2.75, 3.05) is 6.54 Å².